The number of rotatable bonds is 3. The summed E-state index contributed by atoms with van der Waals surface area (Å²) in [5.74, 6) is -0.511. The summed E-state index contributed by atoms with van der Waals surface area (Å²) in [4.78, 5) is 37.5. The molecule has 128 valence electrons. The van der Waals surface area contributed by atoms with Gasteiger partial charge < -0.3 is 9.64 Å². The van der Waals surface area contributed by atoms with Crippen molar-refractivity contribution >= 4 is 23.2 Å². The molecule has 0 aromatic heterocycles. The first-order chi connectivity index (χ1) is 11.4. The van der Waals surface area contributed by atoms with Gasteiger partial charge >= 0.3 is 0 Å². The molecule has 0 radical (unpaired) electrons. The molecule has 24 heavy (non-hydrogen) atoms. The summed E-state index contributed by atoms with van der Waals surface area (Å²) in [7, 11) is 0. The zero-order chi connectivity index (χ0) is 17.4. The fraction of sp³-hybridized carbons (Fsp3) is 0.500. The highest BCUT2D eigenvalue weighted by Gasteiger charge is 2.47. The number of anilines is 1. The van der Waals surface area contributed by atoms with E-state index in [1.54, 1.807) is 0 Å². The van der Waals surface area contributed by atoms with E-state index in [9.17, 15) is 19.7 Å². The number of hydrogen-bond donors (Lipinski definition) is 1. The molecule has 0 saturated carbocycles. The van der Waals surface area contributed by atoms with Gasteiger partial charge in [0.15, 0.2) is 6.04 Å². The number of nitrogens with zero attached hydrogens (tertiary/aromatic N) is 2. The van der Waals surface area contributed by atoms with E-state index in [4.69, 9.17) is 4.74 Å². The van der Waals surface area contributed by atoms with E-state index < -0.39 is 11.0 Å². The first kappa shape index (κ1) is 16.5. The maximum Gasteiger partial charge on any atom is 0.292 e. The fourth-order valence-corrected chi connectivity index (χ4v) is 3.54. The van der Waals surface area contributed by atoms with Gasteiger partial charge in [0.25, 0.3) is 11.6 Å². The average Bonchev–Trinajstić information content (AvgIpc) is 2.81. The van der Waals surface area contributed by atoms with Crippen LogP contribution in [0.25, 0.3) is 0 Å². The highest BCUT2D eigenvalue weighted by molar-refractivity contribution is 6.21. The molecular formula is C16H20N3O5+. The Bertz CT molecular complexity index is 665. The maximum atomic E-state index is 12.8. The molecule has 0 aliphatic carbocycles. The fourth-order valence-electron chi connectivity index (χ4n) is 3.54. The van der Waals surface area contributed by atoms with Gasteiger partial charge in [-0.1, -0.05) is 0 Å². The third kappa shape index (κ3) is 3.02. The smallest absolute Gasteiger partial charge is 0.292 e. The first-order valence-corrected chi connectivity index (χ1v) is 7.98. The van der Waals surface area contributed by atoms with Gasteiger partial charge in [-0.3, -0.25) is 19.7 Å². The molecule has 2 aliphatic heterocycles. The van der Waals surface area contributed by atoms with Crippen molar-refractivity contribution in [1.82, 2.24) is 0 Å². The van der Waals surface area contributed by atoms with Crippen molar-refractivity contribution in [1.29, 1.82) is 0 Å². The van der Waals surface area contributed by atoms with Crippen molar-refractivity contribution in [3.05, 3.63) is 34.4 Å². The Kier molecular flexibility index (Phi) is 4.33. The van der Waals surface area contributed by atoms with Gasteiger partial charge in [-0.15, -0.1) is 0 Å². The van der Waals surface area contributed by atoms with Crippen molar-refractivity contribution in [3.63, 3.8) is 0 Å². The van der Waals surface area contributed by atoms with Crippen LogP contribution in [0.5, 0.6) is 0 Å². The van der Waals surface area contributed by atoms with Gasteiger partial charge in [-0.05, 0) is 26.0 Å². The number of ether oxygens (including phenoxy) is 1. The largest absolute Gasteiger partial charge is 0.364 e. The predicted octanol–water partition coefficient (Wildman–Crippen LogP) is -0.0812. The van der Waals surface area contributed by atoms with E-state index in [1.807, 2.05) is 13.8 Å². The summed E-state index contributed by atoms with van der Waals surface area (Å²) in [6.45, 7) is 5.29. The molecule has 0 bridgehead atoms. The van der Waals surface area contributed by atoms with Gasteiger partial charge in [0.2, 0.25) is 5.91 Å². The Labute approximate surface area is 139 Å². The molecule has 1 N–H and O–H groups in total. The molecule has 1 aromatic rings. The Morgan fingerprint density at radius 2 is 1.75 bits per heavy atom. The van der Waals surface area contributed by atoms with E-state index in [0.717, 1.165) is 9.80 Å². The number of quaternary nitrogens is 1. The Morgan fingerprint density at radius 3 is 2.29 bits per heavy atom. The zero-order valence-electron chi connectivity index (χ0n) is 13.6. The molecule has 0 spiro atoms. The van der Waals surface area contributed by atoms with E-state index in [1.165, 1.54) is 24.3 Å². The lowest BCUT2D eigenvalue weighted by Gasteiger charge is -2.34. The quantitative estimate of drug-likeness (QED) is 0.474. The van der Waals surface area contributed by atoms with Crippen LogP contribution in [0.3, 0.4) is 0 Å². The molecule has 2 saturated heterocycles. The molecule has 3 atom stereocenters. The van der Waals surface area contributed by atoms with Crippen molar-refractivity contribution in [2.24, 2.45) is 0 Å². The number of carbonyl (C=O) groups is 2. The summed E-state index contributed by atoms with van der Waals surface area (Å²) in [5.41, 5.74) is 0.308. The average molecular weight is 334 g/mol. The van der Waals surface area contributed by atoms with Crippen LogP contribution in [0, 0.1) is 10.1 Å². The standard InChI is InChI=1S/C16H19N3O5/c1-10-8-17(9-11(2)24-10)14-7-15(20)18(16(14)21)12-3-5-13(6-4-12)19(22)23/h3-6,10-11,14H,7-9H2,1-2H3/p+1/t10-,11-,14-/m1/s1. The van der Waals surface area contributed by atoms with Crippen LogP contribution in [-0.2, 0) is 14.3 Å². The molecule has 2 fully saturated rings. The van der Waals surface area contributed by atoms with Crippen molar-refractivity contribution in [2.45, 2.75) is 38.5 Å². The minimum absolute atomic E-state index is 0.0417. The highest BCUT2D eigenvalue weighted by atomic mass is 16.6. The number of imide groups is 1. The third-order valence-electron chi connectivity index (χ3n) is 4.52. The number of nitro groups is 1. The molecule has 0 unspecified atom stereocenters. The molecule has 2 heterocycles. The minimum atomic E-state index is -0.513. The van der Waals surface area contributed by atoms with Crippen LogP contribution in [0.15, 0.2) is 24.3 Å². The van der Waals surface area contributed by atoms with Crippen LogP contribution in [0.4, 0.5) is 11.4 Å². The summed E-state index contributed by atoms with van der Waals surface area (Å²) in [6, 6.07) is 5.07. The van der Waals surface area contributed by atoms with E-state index in [2.05, 4.69) is 0 Å². The van der Waals surface area contributed by atoms with Crippen molar-refractivity contribution in [2.75, 3.05) is 18.0 Å². The van der Waals surface area contributed by atoms with Crippen LogP contribution in [0.2, 0.25) is 0 Å². The zero-order valence-corrected chi connectivity index (χ0v) is 13.6. The van der Waals surface area contributed by atoms with Crippen molar-refractivity contribution in [3.8, 4) is 0 Å². The number of non-ortho nitro benzene ring substituents is 1. The number of morpholine rings is 1. The SMILES string of the molecule is C[C@@H]1C[NH+]([C@@H]2CC(=O)N(c3ccc([N+](=O)[O-])cc3)C2=O)C[C@@H](C)O1. The van der Waals surface area contributed by atoms with Gasteiger partial charge in [0.05, 0.1) is 17.0 Å². The van der Waals surface area contributed by atoms with Crippen LogP contribution < -0.4 is 9.80 Å². The molecular weight excluding hydrogens is 314 g/mol. The lowest BCUT2D eigenvalue weighted by molar-refractivity contribution is -0.929. The molecule has 8 heteroatoms. The molecule has 8 nitrogen and oxygen atoms in total. The lowest BCUT2D eigenvalue weighted by atomic mass is 10.1. The van der Waals surface area contributed by atoms with Crippen LogP contribution in [0.1, 0.15) is 20.3 Å². The monoisotopic (exact) mass is 334 g/mol. The second kappa shape index (κ2) is 6.29. The predicted molar refractivity (Wildman–Crippen MR) is 84.7 cm³/mol. The van der Waals surface area contributed by atoms with E-state index in [-0.39, 0.29) is 36.1 Å². The number of amides is 2. The third-order valence-corrected chi connectivity index (χ3v) is 4.52. The number of benzene rings is 1. The Hall–Kier alpha value is -2.32. The highest BCUT2D eigenvalue weighted by Crippen LogP contribution is 2.24. The lowest BCUT2D eigenvalue weighted by Crippen LogP contribution is -3.19. The van der Waals surface area contributed by atoms with Gasteiger partial charge in [-0.2, -0.15) is 0 Å². The number of hydrogen-bond acceptors (Lipinski definition) is 5. The molecule has 3 rings (SSSR count). The Morgan fingerprint density at radius 1 is 1.17 bits per heavy atom. The van der Waals surface area contributed by atoms with E-state index >= 15 is 0 Å². The van der Waals surface area contributed by atoms with Gasteiger partial charge in [0.1, 0.15) is 25.3 Å². The summed E-state index contributed by atoms with van der Waals surface area (Å²) in [6.07, 6.45) is 0.241. The maximum absolute atomic E-state index is 12.8. The number of nitro benzene ring substituents is 1. The van der Waals surface area contributed by atoms with Gasteiger partial charge in [-0.25, -0.2) is 4.90 Å². The topological polar surface area (TPSA) is 94.2 Å². The summed E-state index contributed by atoms with van der Waals surface area (Å²) in [5, 5.41) is 10.7. The number of nitrogens with one attached hydrogen (secondary N) is 1. The first-order valence-electron chi connectivity index (χ1n) is 7.98. The molecule has 1 aromatic carbocycles. The minimum Gasteiger partial charge on any atom is -0.364 e. The van der Waals surface area contributed by atoms with Crippen molar-refractivity contribution < 1.29 is 24.1 Å². The summed E-state index contributed by atoms with van der Waals surface area (Å²) >= 11 is 0. The Balaban J connectivity index is 1.80. The molecule has 2 amide bonds. The molecule has 2 aliphatic rings. The summed E-state index contributed by atoms with van der Waals surface area (Å²) < 4.78 is 5.69. The van der Waals surface area contributed by atoms with E-state index in [0.29, 0.717) is 18.8 Å². The normalized spacial score (nSPS) is 30.7. The second-order valence-electron chi connectivity index (χ2n) is 6.42. The van der Waals surface area contributed by atoms with Gasteiger partial charge in [0, 0.05) is 12.1 Å². The second-order valence-corrected chi connectivity index (χ2v) is 6.42. The van der Waals surface area contributed by atoms with Crippen LogP contribution >= 0.6 is 0 Å². The van der Waals surface area contributed by atoms with Crippen LogP contribution in [-0.4, -0.2) is 48.1 Å². The number of carbonyl (C=O) groups excluding carboxylic acids is 2.